The molecule has 2 aromatic rings. The number of pyridine rings is 1. The van der Waals surface area contributed by atoms with Gasteiger partial charge in [0, 0.05) is 46.2 Å². The quantitative estimate of drug-likeness (QED) is 0.520. The molecular formula is C20H21FN6. The number of nitrogens with zero attached hydrogens (tertiary/aromatic N) is 1. The normalized spacial score (nSPS) is 13.9. The average molecular weight is 364 g/mol. The first-order valence-corrected chi connectivity index (χ1v) is 8.48. The van der Waals surface area contributed by atoms with Crippen molar-refractivity contribution in [3.63, 3.8) is 0 Å². The van der Waals surface area contributed by atoms with E-state index in [-0.39, 0.29) is 5.82 Å². The van der Waals surface area contributed by atoms with Crippen LogP contribution in [0.15, 0.2) is 42.2 Å². The Bertz CT molecular complexity index is 990. The fourth-order valence-electron chi connectivity index (χ4n) is 3.15. The number of halogens is 1. The van der Waals surface area contributed by atoms with Crippen LogP contribution < -0.4 is 16.8 Å². The van der Waals surface area contributed by atoms with Crippen LogP contribution in [0.5, 0.6) is 0 Å². The van der Waals surface area contributed by atoms with Gasteiger partial charge in [-0.05, 0) is 44.0 Å². The molecule has 1 aromatic heterocycles. The first-order chi connectivity index (χ1) is 12.9. The van der Waals surface area contributed by atoms with E-state index in [4.69, 9.17) is 22.3 Å². The van der Waals surface area contributed by atoms with E-state index in [1.165, 1.54) is 24.5 Å². The third-order valence-electron chi connectivity index (χ3n) is 4.44. The van der Waals surface area contributed by atoms with E-state index in [9.17, 15) is 4.39 Å². The zero-order valence-corrected chi connectivity index (χ0v) is 14.9. The highest BCUT2D eigenvalue weighted by atomic mass is 19.1. The summed E-state index contributed by atoms with van der Waals surface area (Å²) in [5.41, 5.74) is 17.1. The molecule has 1 aliphatic rings. The maximum atomic E-state index is 13.6. The van der Waals surface area contributed by atoms with Gasteiger partial charge < -0.3 is 27.6 Å². The van der Waals surface area contributed by atoms with Gasteiger partial charge in [0.05, 0.1) is 17.1 Å². The molecule has 0 saturated carbocycles. The van der Waals surface area contributed by atoms with E-state index in [2.05, 4.69) is 10.3 Å². The first kappa shape index (κ1) is 18.3. The van der Waals surface area contributed by atoms with Crippen LogP contribution in [0.1, 0.15) is 30.3 Å². The van der Waals surface area contributed by atoms with Crippen LogP contribution in [0.2, 0.25) is 0 Å². The summed E-state index contributed by atoms with van der Waals surface area (Å²) in [5, 5.41) is 18.9. The second-order valence-electron chi connectivity index (χ2n) is 6.30. The van der Waals surface area contributed by atoms with E-state index in [0.717, 1.165) is 11.3 Å². The maximum absolute atomic E-state index is 13.6. The van der Waals surface area contributed by atoms with Crippen molar-refractivity contribution in [3.8, 4) is 0 Å². The summed E-state index contributed by atoms with van der Waals surface area (Å²) in [6, 6.07) is 7.86. The van der Waals surface area contributed by atoms with Crippen LogP contribution >= 0.6 is 0 Å². The third kappa shape index (κ3) is 3.57. The Kier molecular flexibility index (Phi) is 5.03. The number of benzene rings is 1. The second-order valence-corrected chi connectivity index (χ2v) is 6.30. The summed E-state index contributed by atoms with van der Waals surface area (Å²) >= 11 is 0. The monoisotopic (exact) mass is 364 g/mol. The minimum absolute atomic E-state index is 0.291. The highest BCUT2D eigenvalue weighted by molar-refractivity contribution is 6.21. The largest absolute Gasteiger partial charge is 0.404 e. The lowest BCUT2D eigenvalue weighted by atomic mass is 9.90. The van der Waals surface area contributed by atoms with Crippen molar-refractivity contribution < 1.29 is 4.39 Å². The van der Waals surface area contributed by atoms with Gasteiger partial charge in [0.1, 0.15) is 5.82 Å². The average Bonchev–Trinajstić information content (AvgIpc) is 2.62. The van der Waals surface area contributed by atoms with E-state index in [0.29, 0.717) is 52.5 Å². The molecule has 0 saturated heterocycles. The fraction of sp³-hybridized carbons (Fsp3) is 0.150. The number of fused-ring (bicyclic) bond motifs is 1. The van der Waals surface area contributed by atoms with Gasteiger partial charge >= 0.3 is 0 Å². The SMILES string of the molecule is CC(=N)/C(=C\N)c1cc(Nc2cccc(F)c2)c2c(n1)CCC(N)=C2C=N. The minimum Gasteiger partial charge on any atom is -0.404 e. The van der Waals surface area contributed by atoms with Crippen LogP contribution in [0.4, 0.5) is 15.8 Å². The van der Waals surface area contributed by atoms with Crippen molar-refractivity contribution >= 4 is 34.4 Å². The van der Waals surface area contributed by atoms with Crippen LogP contribution in [-0.4, -0.2) is 16.9 Å². The Morgan fingerprint density at radius 3 is 2.70 bits per heavy atom. The van der Waals surface area contributed by atoms with E-state index in [1.54, 1.807) is 25.1 Å². The highest BCUT2D eigenvalue weighted by Gasteiger charge is 2.23. The number of allylic oxidation sites excluding steroid dienone is 3. The molecule has 0 bridgehead atoms. The van der Waals surface area contributed by atoms with Crippen LogP contribution in [0.3, 0.4) is 0 Å². The molecule has 1 heterocycles. The van der Waals surface area contributed by atoms with Gasteiger partial charge in [-0.1, -0.05) is 6.07 Å². The summed E-state index contributed by atoms with van der Waals surface area (Å²) in [5.74, 6) is -0.358. The molecule has 27 heavy (non-hydrogen) atoms. The summed E-state index contributed by atoms with van der Waals surface area (Å²) in [6.45, 7) is 1.64. The molecule has 3 rings (SSSR count). The predicted molar refractivity (Wildman–Crippen MR) is 108 cm³/mol. The summed E-state index contributed by atoms with van der Waals surface area (Å²) in [7, 11) is 0. The lowest BCUT2D eigenvalue weighted by Gasteiger charge is -2.23. The Morgan fingerprint density at radius 1 is 1.30 bits per heavy atom. The predicted octanol–water partition coefficient (Wildman–Crippen LogP) is 3.57. The van der Waals surface area contributed by atoms with E-state index >= 15 is 0 Å². The Morgan fingerprint density at radius 2 is 2.07 bits per heavy atom. The molecule has 1 aromatic carbocycles. The number of hydrogen-bond acceptors (Lipinski definition) is 6. The van der Waals surface area contributed by atoms with Gasteiger partial charge in [0.25, 0.3) is 0 Å². The molecular weight excluding hydrogens is 343 g/mol. The molecule has 0 radical (unpaired) electrons. The summed E-state index contributed by atoms with van der Waals surface area (Å²) in [4.78, 5) is 4.66. The van der Waals surface area contributed by atoms with Gasteiger partial charge in [0.2, 0.25) is 0 Å². The van der Waals surface area contributed by atoms with Crippen molar-refractivity contribution in [1.29, 1.82) is 10.8 Å². The number of nitrogens with two attached hydrogens (primary N) is 2. The van der Waals surface area contributed by atoms with Crippen molar-refractivity contribution in [2.24, 2.45) is 11.5 Å². The minimum atomic E-state index is -0.358. The molecule has 7 N–H and O–H groups in total. The molecule has 0 aliphatic heterocycles. The number of anilines is 2. The van der Waals surface area contributed by atoms with E-state index in [1.807, 2.05) is 0 Å². The molecule has 0 fully saturated rings. The van der Waals surface area contributed by atoms with E-state index < -0.39 is 0 Å². The molecule has 6 nitrogen and oxygen atoms in total. The highest BCUT2D eigenvalue weighted by Crippen LogP contribution is 2.36. The fourth-order valence-corrected chi connectivity index (χ4v) is 3.15. The smallest absolute Gasteiger partial charge is 0.125 e. The van der Waals surface area contributed by atoms with Crippen LogP contribution in [-0.2, 0) is 6.42 Å². The van der Waals surface area contributed by atoms with Gasteiger partial charge in [-0.15, -0.1) is 0 Å². The van der Waals surface area contributed by atoms with Gasteiger partial charge in [0.15, 0.2) is 0 Å². The topological polar surface area (TPSA) is 125 Å². The Hall–Kier alpha value is -3.48. The molecule has 7 heteroatoms. The maximum Gasteiger partial charge on any atom is 0.125 e. The number of nitrogens with one attached hydrogen (secondary N) is 3. The van der Waals surface area contributed by atoms with Gasteiger partial charge in [-0.2, -0.15) is 0 Å². The molecule has 0 unspecified atom stereocenters. The molecule has 0 spiro atoms. The first-order valence-electron chi connectivity index (χ1n) is 8.48. The lowest BCUT2D eigenvalue weighted by molar-refractivity contribution is 0.628. The molecule has 0 atom stereocenters. The van der Waals surface area contributed by atoms with Crippen molar-refractivity contribution in [1.82, 2.24) is 4.98 Å². The van der Waals surface area contributed by atoms with Crippen LogP contribution in [0.25, 0.3) is 11.1 Å². The Labute approximate surface area is 156 Å². The lowest BCUT2D eigenvalue weighted by Crippen LogP contribution is -2.16. The van der Waals surface area contributed by atoms with Gasteiger partial charge in [-0.3, -0.25) is 4.98 Å². The number of rotatable bonds is 5. The van der Waals surface area contributed by atoms with Crippen molar-refractivity contribution in [2.75, 3.05) is 5.32 Å². The van der Waals surface area contributed by atoms with Crippen LogP contribution in [0, 0.1) is 16.6 Å². The zero-order valence-electron chi connectivity index (χ0n) is 14.9. The third-order valence-corrected chi connectivity index (χ3v) is 4.44. The standard InChI is InChI=1S/C20H21FN6/c1-11(24)14(9-22)18-8-19(26-13-4-2-3-12(21)7-13)20-15(10-23)16(25)5-6-17(20)27-18/h2-4,7-10,23-24H,5-6,22,25H2,1H3,(H,26,27)/b14-9+,23-10?,24-11?. The summed E-state index contributed by atoms with van der Waals surface area (Å²) in [6.07, 6.45) is 3.78. The molecule has 138 valence electrons. The van der Waals surface area contributed by atoms with Gasteiger partial charge in [-0.25, -0.2) is 4.39 Å². The molecule has 1 aliphatic carbocycles. The van der Waals surface area contributed by atoms with Crippen molar-refractivity contribution in [2.45, 2.75) is 19.8 Å². The second kappa shape index (κ2) is 7.41. The number of aromatic nitrogens is 1. The zero-order chi connectivity index (χ0) is 19.6. The summed E-state index contributed by atoms with van der Waals surface area (Å²) < 4.78 is 13.6. The Balaban J connectivity index is 2.22. The molecule has 0 amide bonds. The number of hydrogen-bond donors (Lipinski definition) is 5. The number of aryl methyl sites for hydroxylation is 1. The van der Waals surface area contributed by atoms with Crippen molar-refractivity contribution in [3.05, 3.63) is 65.0 Å².